The van der Waals surface area contributed by atoms with Crippen LogP contribution in [0, 0.1) is 0 Å². The van der Waals surface area contributed by atoms with Gasteiger partial charge in [0.2, 0.25) is 0 Å². The van der Waals surface area contributed by atoms with Crippen molar-refractivity contribution in [3.8, 4) is 5.75 Å². The van der Waals surface area contributed by atoms with Gasteiger partial charge >= 0.3 is 0 Å². The maximum Gasteiger partial charge on any atom is 0.121 e. The SMILES string of the molecule is Clc1cccc(O[C@H]2C[C@H]3CCC[C@@H](C2)N3)c1. The van der Waals surface area contributed by atoms with Crippen LogP contribution in [0.4, 0.5) is 0 Å². The van der Waals surface area contributed by atoms with Gasteiger partial charge < -0.3 is 10.1 Å². The average Bonchev–Trinajstić information content (AvgIpc) is 2.28. The second kappa shape index (κ2) is 4.87. The molecule has 2 aliphatic heterocycles. The van der Waals surface area contributed by atoms with Crippen LogP contribution in [0.1, 0.15) is 32.1 Å². The predicted molar refractivity (Wildman–Crippen MR) is 69.7 cm³/mol. The summed E-state index contributed by atoms with van der Waals surface area (Å²) < 4.78 is 6.05. The lowest BCUT2D eigenvalue weighted by molar-refractivity contribution is 0.0927. The zero-order valence-corrected chi connectivity index (χ0v) is 10.6. The fraction of sp³-hybridized carbons (Fsp3) is 0.571. The van der Waals surface area contributed by atoms with Gasteiger partial charge in [0.25, 0.3) is 0 Å². The van der Waals surface area contributed by atoms with Crippen molar-refractivity contribution >= 4 is 11.6 Å². The molecule has 2 nitrogen and oxygen atoms in total. The van der Waals surface area contributed by atoms with E-state index in [0.717, 1.165) is 23.6 Å². The molecule has 2 bridgehead atoms. The van der Waals surface area contributed by atoms with E-state index in [1.165, 1.54) is 19.3 Å². The number of hydrogen-bond acceptors (Lipinski definition) is 2. The fourth-order valence-electron chi connectivity index (χ4n) is 3.04. The largest absolute Gasteiger partial charge is 0.490 e. The molecular weight excluding hydrogens is 234 g/mol. The number of nitrogens with one attached hydrogen (secondary N) is 1. The Balaban J connectivity index is 1.65. The van der Waals surface area contributed by atoms with Crippen molar-refractivity contribution in [1.29, 1.82) is 0 Å². The normalized spacial score (nSPS) is 32.2. The molecule has 0 aliphatic carbocycles. The van der Waals surface area contributed by atoms with Gasteiger partial charge in [-0.05, 0) is 43.9 Å². The first-order valence-corrected chi connectivity index (χ1v) is 6.85. The second-order valence-corrected chi connectivity index (χ2v) is 5.60. The number of fused-ring (bicyclic) bond motifs is 2. The number of hydrogen-bond donors (Lipinski definition) is 1. The molecule has 92 valence electrons. The summed E-state index contributed by atoms with van der Waals surface area (Å²) in [5.41, 5.74) is 0. The minimum Gasteiger partial charge on any atom is -0.490 e. The van der Waals surface area contributed by atoms with Crippen LogP contribution in [0.5, 0.6) is 5.75 Å². The summed E-state index contributed by atoms with van der Waals surface area (Å²) >= 11 is 5.97. The molecule has 3 atom stereocenters. The molecule has 0 aromatic heterocycles. The Morgan fingerprint density at radius 2 is 1.94 bits per heavy atom. The highest BCUT2D eigenvalue weighted by Crippen LogP contribution is 2.29. The van der Waals surface area contributed by atoms with Crippen molar-refractivity contribution in [2.45, 2.75) is 50.3 Å². The molecule has 3 heteroatoms. The molecular formula is C14H18ClNO. The van der Waals surface area contributed by atoms with E-state index in [1.54, 1.807) is 0 Å². The van der Waals surface area contributed by atoms with Gasteiger partial charge in [0.15, 0.2) is 0 Å². The monoisotopic (exact) mass is 251 g/mol. The minimum atomic E-state index is 0.352. The molecule has 2 heterocycles. The molecule has 2 aliphatic rings. The topological polar surface area (TPSA) is 21.3 Å². The van der Waals surface area contributed by atoms with Gasteiger partial charge in [-0.3, -0.25) is 0 Å². The Bertz CT molecular complexity index is 384. The van der Waals surface area contributed by atoms with E-state index >= 15 is 0 Å². The van der Waals surface area contributed by atoms with Crippen LogP contribution < -0.4 is 10.1 Å². The Kier molecular flexibility index (Phi) is 3.26. The third kappa shape index (κ3) is 2.75. The lowest BCUT2D eigenvalue weighted by Crippen LogP contribution is -2.51. The molecule has 0 radical (unpaired) electrons. The summed E-state index contributed by atoms with van der Waals surface area (Å²) in [4.78, 5) is 0. The molecule has 0 saturated carbocycles. The average molecular weight is 252 g/mol. The van der Waals surface area contributed by atoms with Crippen molar-refractivity contribution in [1.82, 2.24) is 5.32 Å². The molecule has 0 amide bonds. The smallest absolute Gasteiger partial charge is 0.121 e. The molecule has 1 aromatic rings. The minimum absolute atomic E-state index is 0.352. The van der Waals surface area contributed by atoms with Crippen LogP contribution in [0.3, 0.4) is 0 Å². The maximum absolute atomic E-state index is 6.05. The number of ether oxygens (including phenoxy) is 1. The van der Waals surface area contributed by atoms with Crippen LogP contribution in [-0.4, -0.2) is 18.2 Å². The van der Waals surface area contributed by atoms with E-state index in [2.05, 4.69) is 5.32 Å². The Hall–Kier alpha value is -0.730. The van der Waals surface area contributed by atoms with Crippen LogP contribution in [0.2, 0.25) is 5.02 Å². The van der Waals surface area contributed by atoms with E-state index in [4.69, 9.17) is 16.3 Å². The van der Waals surface area contributed by atoms with Gasteiger partial charge in [-0.25, -0.2) is 0 Å². The third-order valence-corrected chi connectivity index (χ3v) is 4.01. The summed E-state index contributed by atoms with van der Waals surface area (Å²) in [5.74, 6) is 0.905. The van der Waals surface area contributed by atoms with Crippen molar-refractivity contribution < 1.29 is 4.74 Å². The van der Waals surface area contributed by atoms with E-state index in [-0.39, 0.29) is 0 Å². The zero-order chi connectivity index (χ0) is 11.7. The third-order valence-electron chi connectivity index (χ3n) is 3.77. The van der Waals surface area contributed by atoms with Gasteiger partial charge in [-0.2, -0.15) is 0 Å². The van der Waals surface area contributed by atoms with Gasteiger partial charge in [-0.15, -0.1) is 0 Å². The van der Waals surface area contributed by atoms with E-state index in [0.29, 0.717) is 18.2 Å². The second-order valence-electron chi connectivity index (χ2n) is 5.16. The first kappa shape index (κ1) is 11.4. The summed E-state index contributed by atoms with van der Waals surface area (Å²) in [6.45, 7) is 0. The van der Waals surface area contributed by atoms with Crippen LogP contribution in [0.15, 0.2) is 24.3 Å². The summed E-state index contributed by atoms with van der Waals surface area (Å²) in [6.07, 6.45) is 6.57. The number of halogens is 1. The summed E-state index contributed by atoms with van der Waals surface area (Å²) in [7, 11) is 0. The highest BCUT2D eigenvalue weighted by atomic mass is 35.5. The van der Waals surface area contributed by atoms with Gasteiger partial charge in [-0.1, -0.05) is 24.1 Å². The highest BCUT2D eigenvalue weighted by molar-refractivity contribution is 6.30. The Labute approximate surface area is 107 Å². The highest BCUT2D eigenvalue weighted by Gasteiger charge is 2.32. The van der Waals surface area contributed by atoms with Gasteiger partial charge in [0, 0.05) is 17.1 Å². The summed E-state index contributed by atoms with van der Waals surface area (Å²) in [6, 6.07) is 9.03. The Morgan fingerprint density at radius 1 is 1.18 bits per heavy atom. The fourth-order valence-corrected chi connectivity index (χ4v) is 3.22. The lowest BCUT2D eigenvalue weighted by Gasteiger charge is -2.40. The molecule has 1 aromatic carbocycles. The van der Waals surface area contributed by atoms with Gasteiger partial charge in [0.1, 0.15) is 11.9 Å². The summed E-state index contributed by atoms with van der Waals surface area (Å²) in [5, 5.41) is 4.42. The lowest BCUT2D eigenvalue weighted by atomic mass is 9.85. The number of rotatable bonds is 2. The molecule has 17 heavy (non-hydrogen) atoms. The first-order chi connectivity index (χ1) is 8.29. The van der Waals surface area contributed by atoms with Crippen LogP contribution in [0.25, 0.3) is 0 Å². The van der Waals surface area contributed by atoms with E-state index in [9.17, 15) is 0 Å². The number of benzene rings is 1. The van der Waals surface area contributed by atoms with Crippen molar-refractivity contribution in [2.75, 3.05) is 0 Å². The molecule has 2 fully saturated rings. The standard InChI is InChI=1S/C14H18ClNO/c15-10-3-1-6-13(7-10)17-14-8-11-4-2-5-12(9-14)16-11/h1,3,6-7,11-12,14,16H,2,4-5,8-9H2/t11-,12+,14+. The van der Waals surface area contributed by atoms with Gasteiger partial charge in [0.05, 0.1) is 0 Å². The molecule has 2 saturated heterocycles. The molecule has 0 spiro atoms. The molecule has 0 unspecified atom stereocenters. The number of piperidine rings is 2. The quantitative estimate of drug-likeness (QED) is 0.870. The predicted octanol–water partition coefficient (Wildman–Crippen LogP) is 3.39. The van der Waals surface area contributed by atoms with E-state index < -0.39 is 0 Å². The van der Waals surface area contributed by atoms with E-state index in [1.807, 2.05) is 24.3 Å². The zero-order valence-electron chi connectivity index (χ0n) is 9.86. The maximum atomic E-state index is 6.05. The van der Waals surface area contributed by atoms with Crippen LogP contribution >= 0.6 is 11.6 Å². The van der Waals surface area contributed by atoms with Crippen LogP contribution in [-0.2, 0) is 0 Å². The molecule has 3 rings (SSSR count). The van der Waals surface area contributed by atoms with Crippen molar-refractivity contribution in [3.05, 3.63) is 29.3 Å². The van der Waals surface area contributed by atoms with Crippen molar-refractivity contribution in [2.24, 2.45) is 0 Å². The molecule has 1 N–H and O–H groups in total. The Morgan fingerprint density at radius 3 is 2.65 bits per heavy atom. The van der Waals surface area contributed by atoms with Crippen molar-refractivity contribution in [3.63, 3.8) is 0 Å². The first-order valence-electron chi connectivity index (χ1n) is 6.48.